The lowest BCUT2D eigenvalue weighted by Gasteiger charge is -2.18. The molecule has 7 heteroatoms. The van der Waals surface area contributed by atoms with Crippen LogP contribution in [-0.4, -0.2) is 34.3 Å². The third kappa shape index (κ3) is 5.45. The van der Waals surface area contributed by atoms with E-state index in [0.29, 0.717) is 0 Å². The van der Waals surface area contributed by atoms with Gasteiger partial charge in [0.15, 0.2) is 5.96 Å². The molecule has 1 unspecified atom stereocenters. The fraction of sp³-hybridized carbons (Fsp3) is 0.550. The minimum atomic E-state index is 0.127. The minimum absolute atomic E-state index is 0.127. The molecule has 1 atom stereocenters. The van der Waals surface area contributed by atoms with Gasteiger partial charge in [0.2, 0.25) is 0 Å². The van der Waals surface area contributed by atoms with Crippen LogP contribution in [-0.2, 0) is 19.4 Å². The quantitative estimate of drug-likeness (QED) is 0.451. The standard InChI is InChI=1S/C20H29ClN6/c1-15(16-8-6-9-17(21)14-16)24-20(22-2)23-12-7-11-19-26-25-18-10-4-3-5-13-27(18)19/h6,8-9,14-15H,3-5,7,10-13H2,1-2H3,(H2,22,23,24). The van der Waals surface area contributed by atoms with Gasteiger partial charge in [-0.05, 0) is 43.9 Å². The summed E-state index contributed by atoms with van der Waals surface area (Å²) in [4.78, 5) is 4.32. The fourth-order valence-electron chi connectivity index (χ4n) is 3.44. The van der Waals surface area contributed by atoms with Crippen molar-refractivity contribution in [2.45, 2.75) is 58.0 Å². The summed E-state index contributed by atoms with van der Waals surface area (Å²) >= 11 is 6.08. The molecule has 0 saturated carbocycles. The molecule has 0 fully saturated rings. The molecule has 1 aromatic heterocycles. The Balaban J connectivity index is 1.46. The lowest BCUT2D eigenvalue weighted by atomic mass is 10.1. The first-order chi connectivity index (χ1) is 13.2. The average molecular weight is 389 g/mol. The van der Waals surface area contributed by atoms with Crippen LogP contribution >= 0.6 is 11.6 Å². The number of rotatable bonds is 6. The summed E-state index contributed by atoms with van der Waals surface area (Å²) in [7, 11) is 1.79. The summed E-state index contributed by atoms with van der Waals surface area (Å²) < 4.78 is 2.32. The Bertz CT molecular complexity index is 770. The minimum Gasteiger partial charge on any atom is -0.356 e. The monoisotopic (exact) mass is 388 g/mol. The van der Waals surface area contributed by atoms with Gasteiger partial charge in [-0.1, -0.05) is 30.2 Å². The van der Waals surface area contributed by atoms with E-state index in [1.165, 1.54) is 19.3 Å². The van der Waals surface area contributed by atoms with Crippen molar-refractivity contribution in [1.82, 2.24) is 25.4 Å². The van der Waals surface area contributed by atoms with Crippen LogP contribution in [0.15, 0.2) is 29.3 Å². The number of aliphatic imine (C=N–C) groups is 1. The van der Waals surface area contributed by atoms with E-state index in [2.05, 4.69) is 43.4 Å². The Morgan fingerprint density at radius 3 is 3.00 bits per heavy atom. The number of aryl methyl sites for hydroxylation is 2. The molecule has 27 heavy (non-hydrogen) atoms. The molecule has 0 aliphatic carbocycles. The van der Waals surface area contributed by atoms with Gasteiger partial charge in [0, 0.05) is 38.0 Å². The highest BCUT2D eigenvalue weighted by Gasteiger charge is 2.14. The van der Waals surface area contributed by atoms with Gasteiger partial charge in [-0.25, -0.2) is 0 Å². The zero-order valence-electron chi connectivity index (χ0n) is 16.2. The summed E-state index contributed by atoms with van der Waals surface area (Å²) in [5.74, 6) is 3.06. The van der Waals surface area contributed by atoms with Crippen LogP contribution < -0.4 is 10.6 Å². The van der Waals surface area contributed by atoms with Crippen LogP contribution in [0.25, 0.3) is 0 Å². The Labute approximate surface area is 166 Å². The Morgan fingerprint density at radius 1 is 1.30 bits per heavy atom. The molecule has 0 radical (unpaired) electrons. The van der Waals surface area contributed by atoms with Crippen molar-refractivity contribution in [3.63, 3.8) is 0 Å². The SMILES string of the molecule is CN=C(NCCCc1nnc2n1CCCCC2)NC(C)c1cccc(Cl)c1. The molecule has 6 nitrogen and oxygen atoms in total. The van der Waals surface area contributed by atoms with Crippen molar-refractivity contribution in [1.29, 1.82) is 0 Å². The second-order valence-corrected chi connectivity index (χ2v) is 7.45. The van der Waals surface area contributed by atoms with Gasteiger partial charge in [-0.3, -0.25) is 4.99 Å². The van der Waals surface area contributed by atoms with Crippen LogP contribution in [0.1, 0.15) is 55.9 Å². The molecule has 1 aromatic carbocycles. The smallest absolute Gasteiger partial charge is 0.191 e. The lowest BCUT2D eigenvalue weighted by Crippen LogP contribution is -2.39. The first-order valence-corrected chi connectivity index (χ1v) is 10.2. The molecule has 1 aliphatic rings. The van der Waals surface area contributed by atoms with Crippen molar-refractivity contribution in [2.24, 2.45) is 4.99 Å². The summed E-state index contributed by atoms with van der Waals surface area (Å²) in [6.45, 7) is 4.00. The number of benzene rings is 1. The molecule has 0 amide bonds. The van der Waals surface area contributed by atoms with E-state index in [0.717, 1.165) is 60.5 Å². The first-order valence-electron chi connectivity index (χ1n) is 9.81. The van der Waals surface area contributed by atoms with E-state index >= 15 is 0 Å². The molecule has 1 aliphatic heterocycles. The third-order valence-corrected chi connectivity index (χ3v) is 5.22. The van der Waals surface area contributed by atoms with Crippen LogP contribution in [0.4, 0.5) is 0 Å². The molecular formula is C20H29ClN6. The number of hydrogen-bond donors (Lipinski definition) is 2. The normalized spacial score (nSPS) is 15.7. The third-order valence-electron chi connectivity index (χ3n) is 4.98. The van der Waals surface area contributed by atoms with Crippen molar-refractivity contribution in [3.8, 4) is 0 Å². The predicted octanol–water partition coefficient (Wildman–Crippen LogP) is 3.52. The van der Waals surface area contributed by atoms with Crippen LogP contribution in [0.5, 0.6) is 0 Å². The van der Waals surface area contributed by atoms with E-state index in [1.807, 2.05) is 18.2 Å². The summed E-state index contributed by atoms with van der Waals surface area (Å²) in [5.41, 5.74) is 1.14. The highest BCUT2D eigenvalue weighted by atomic mass is 35.5. The molecule has 2 heterocycles. The van der Waals surface area contributed by atoms with Gasteiger partial charge in [0.05, 0.1) is 6.04 Å². The molecule has 2 N–H and O–H groups in total. The van der Waals surface area contributed by atoms with Crippen LogP contribution in [0.3, 0.4) is 0 Å². The number of nitrogens with one attached hydrogen (secondary N) is 2. The van der Waals surface area contributed by atoms with Crippen molar-refractivity contribution in [2.75, 3.05) is 13.6 Å². The summed E-state index contributed by atoms with van der Waals surface area (Å²) in [6, 6.07) is 8.02. The molecule has 0 spiro atoms. The van der Waals surface area contributed by atoms with Gasteiger partial charge in [0.1, 0.15) is 11.6 Å². The fourth-order valence-corrected chi connectivity index (χ4v) is 3.64. The van der Waals surface area contributed by atoms with Gasteiger partial charge in [-0.15, -0.1) is 10.2 Å². The topological polar surface area (TPSA) is 67.1 Å². The largest absolute Gasteiger partial charge is 0.356 e. The highest BCUT2D eigenvalue weighted by molar-refractivity contribution is 6.30. The van der Waals surface area contributed by atoms with Gasteiger partial charge in [-0.2, -0.15) is 0 Å². The van der Waals surface area contributed by atoms with Gasteiger partial charge < -0.3 is 15.2 Å². The molecule has 3 rings (SSSR count). The molecule has 2 aromatic rings. The van der Waals surface area contributed by atoms with E-state index in [1.54, 1.807) is 7.05 Å². The second-order valence-electron chi connectivity index (χ2n) is 7.02. The Hall–Kier alpha value is -2.08. The highest BCUT2D eigenvalue weighted by Crippen LogP contribution is 2.17. The summed E-state index contributed by atoms with van der Waals surface area (Å²) in [5, 5.41) is 16.3. The average Bonchev–Trinajstić information content (AvgIpc) is 2.90. The molecular weight excluding hydrogens is 360 g/mol. The number of aromatic nitrogens is 3. The Morgan fingerprint density at radius 2 is 2.19 bits per heavy atom. The zero-order valence-corrected chi connectivity index (χ0v) is 17.0. The maximum Gasteiger partial charge on any atom is 0.191 e. The van der Waals surface area contributed by atoms with Crippen molar-refractivity contribution >= 4 is 17.6 Å². The van der Waals surface area contributed by atoms with E-state index in [4.69, 9.17) is 11.6 Å². The van der Waals surface area contributed by atoms with E-state index in [9.17, 15) is 0 Å². The number of nitrogens with zero attached hydrogens (tertiary/aromatic N) is 4. The predicted molar refractivity (Wildman–Crippen MR) is 110 cm³/mol. The first kappa shape index (κ1) is 19.7. The number of fused-ring (bicyclic) bond motifs is 1. The number of guanidine groups is 1. The number of hydrogen-bond acceptors (Lipinski definition) is 3. The van der Waals surface area contributed by atoms with Gasteiger partial charge in [0.25, 0.3) is 0 Å². The second kappa shape index (κ2) is 9.74. The maximum atomic E-state index is 6.08. The van der Waals surface area contributed by atoms with Crippen molar-refractivity contribution < 1.29 is 0 Å². The Kier molecular flexibility index (Phi) is 7.10. The van der Waals surface area contributed by atoms with Gasteiger partial charge >= 0.3 is 0 Å². The van der Waals surface area contributed by atoms with Crippen LogP contribution in [0, 0.1) is 0 Å². The van der Waals surface area contributed by atoms with E-state index in [-0.39, 0.29) is 6.04 Å². The molecule has 146 valence electrons. The summed E-state index contributed by atoms with van der Waals surface area (Å²) in [6.07, 6.45) is 6.73. The lowest BCUT2D eigenvalue weighted by molar-refractivity contribution is 0.592. The zero-order chi connectivity index (χ0) is 19.1. The molecule has 0 bridgehead atoms. The maximum absolute atomic E-state index is 6.08. The molecule has 0 saturated heterocycles. The van der Waals surface area contributed by atoms with Crippen molar-refractivity contribution in [3.05, 3.63) is 46.5 Å². The van der Waals surface area contributed by atoms with Crippen LogP contribution in [0.2, 0.25) is 5.02 Å². The van der Waals surface area contributed by atoms with E-state index < -0.39 is 0 Å². The number of halogens is 1.